The Bertz CT molecular complexity index is 363. The Hall–Kier alpha value is -0.700. The van der Waals surface area contributed by atoms with E-state index >= 15 is 0 Å². The molecule has 1 atom stereocenters. The summed E-state index contributed by atoms with van der Waals surface area (Å²) in [6, 6.07) is 6.29. The molecule has 1 aliphatic rings. The maximum atomic E-state index is 5.41. The standard InChI is InChI=1S/C13H17BrO2/c1-9(2)11(5-6-14)10-3-4-12-13(7-10)16-8-15-12/h3-4,7,9,11H,5-6,8H2,1-2H3. The fourth-order valence-corrected chi connectivity index (χ4v) is 2.64. The summed E-state index contributed by atoms with van der Waals surface area (Å²) in [6.45, 7) is 4.87. The van der Waals surface area contributed by atoms with Crippen LogP contribution in [0.25, 0.3) is 0 Å². The quantitative estimate of drug-likeness (QED) is 0.780. The Morgan fingerprint density at radius 1 is 1.25 bits per heavy atom. The van der Waals surface area contributed by atoms with Crippen LogP contribution in [-0.4, -0.2) is 12.1 Å². The number of fused-ring (bicyclic) bond motifs is 1. The van der Waals surface area contributed by atoms with E-state index in [0.717, 1.165) is 23.2 Å². The topological polar surface area (TPSA) is 18.5 Å². The van der Waals surface area contributed by atoms with E-state index in [9.17, 15) is 0 Å². The smallest absolute Gasteiger partial charge is 0.231 e. The van der Waals surface area contributed by atoms with Gasteiger partial charge in [0.1, 0.15) is 0 Å². The second-order valence-electron chi connectivity index (χ2n) is 4.44. The van der Waals surface area contributed by atoms with Gasteiger partial charge in [0.05, 0.1) is 0 Å². The van der Waals surface area contributed by atoms with Gasteiger partial charge in [-0.25, -0.2) is 0 Å². The van der Waals surface area contributed by atoms with E-state index in [1.165, 1.54) is 5.56 Å². The van der Waals surface area contributed by atoms with E-state index in [1.807, 2.05) is 6.07 Å². The lowest BCUT2D eigenvalue weighted by Crippen LogP contribution is -2.07. The SMILES string of the molecule is CC(C)C(CCBr)c1ccc2c(c1)OCO2. The molecule has 0 N–H and O–H groups in total. The van der Waals surface area contributed by atoms with Gasteiger partial charge in [0.2, 0.25) is 6.79 Å². The molecule has 0 spiro atoms. The fraction of sp³-hybridized carbons (Fsp3) is 0.538. The Labute approximate surface area is 105 Å². The Balaban J connectivity index is 2.24. The summed E-state index contributed by atoms with van der Waals surface area (Å²) in [5.74, 6) is 2.97. The number of alkyl halides is 1. The molecule has 1 aromatic rings. The van der Waals surface area contributed by atoms with Gasteiger partial charge >= 0.3 is 0 Å². The Morgan fingerprint density at radius 2 is 2.00 bits per heavy atom. The van der Waals surface area contributed by atoms with Gasteiger partial charge < -0.3 is 9.47 Å². The predicted molar refractivity (Wildman–Crippen MR) is 68.6 cm³/mol. The first-order chi connectivity index (χ1) is 7.72. The summed E-state index contributed by atoms with van der Waals surface area (Å²) in [5, 5.41) is 1.03. The lowest BCUT2D eigenvalue weighted by atomic mass is 9.86. The van der Waals surface area contributed by atoms with Crippen molar-refractivity contribution >= 4 is 15.9 Å². The molecule has 3 heteroatoms. The molecule has 0 fully saturated rings. The van der Waals surface area contributed by atoms with Crippen LogP contribution in [-0.2, 0) is 0 Å². The molecule has 0 aromatic heterocycles. The van der Waals surface area contributed by atoms with Crippen molar-refractivity contribution in [1.29, 1.82) is 0 Å². The van der Waals surface area contributed by atoms with Gasteiger partial charge in [0, 0.05) is 5.33 Å². The highest BCUT2D eigenvalue weighted by atomic mass is 79.9. The number of rotatable bonds is 4. The van der Waals surface area contributed by atoms with Crippen molar-refractivity contribution in [3.8, 4) is 11.5 Å². The molecule has 0 saturated heterocycles. The van der Waals surface area contributed by atoms with Gasteiger partial charge in [-0.2, -0.15) is 0 Å². The third-order valence-corrected chi connectivity index (χ3v) is 3.51. The van der Waals surface area contributed by atoms with Crippen LogP contribution in [0.3, 0.4) is 0 Å². The minimum atomic E-state index is 0.351. The summed E-state index contributed by atoms with van der Waals surface area (Å²) in [4.78, 5) is 0. The van der Waals surface area contributed by atoms with Crippen molar-refractivity contribution in [2.45, 2.75) is 26.2 Å². The molecule has 1 aliphatic heterocycles. The molecule has 0 amide bonds. The summed E-state index contributed by atoms with van der Waals surface area (Å²) in [5.41, 5.74) is 1.35. The molecule has 2 nitrogen and oxygen atoms in total. The van der Waals surface area contributed by atoms with Gasteiger partial charge in [-0.05, 0) is 36.0 Å². The molecule has 88 valence electrons. The molecule has 1 unspecified atom stereocenters. The van der Waals surface area contributed by atoms with E-state index in [2.05, 4.69) is 41.9 Å². The minimum Gasteiger partial charge on any atom is -0.454 e. The highest BCUT2D eigenvalue weighted by Gasteiger charge is 2.19. The maximum Gasteiger partial charge on any atom is 0.231 e. The number of ether oxygens (including phenoxy) is 2. The van der Waals surface area contributed by atoms with E-state index in [-0.39, 0.29) is 0 Å². The zero-order valence-electron chi connectivity index (χ0n) is 9.70. The molecule has 0 radical (unpaired) electrons. The Kier molecular flexibility index (Phi) is 3.74. The van der Waals surface area contributed by atoms with Gasteiger partial charge in [0.25, 0.3) is 0 Å². The van der Waals surface area contributed by atoms with Crippen molar-refractivity contribution in [2.75, 3.05) is 12.1 Å². The average molecular weight is 285 g/mol. The van der Waals surface area contributed by atoms with Gasteiger partial charge in [-0.1, -0.05) is 35.8 Å². The van der Waals surface area contributed by atoms with Crippen LogP contribution in [0.2, 0.25) is 0 Å². The zero-order chi connectivity index (χ0) is 11.5. The number of hydrogen-bond acceptors (Lipinski definition) is 2. The van der Waals surface area contributed by atoms with Gasteiger partial charge in [-0.3, -0.25) is 0 Å². The molecule has 2 rings (SSSR count). The van der Waals surface area contributed by atoms with E-state index in [0.29, 0.717) is 18.6 Å². The molecule has 1 aromatic carbocycles. The van der Waals surface area contributed by atoms with Crippen LogP contribution in [0.5, 0.6) is 11.5 Å². The fourth-order valence-electron chi connectivity index (χ4n) is 2.15. The van der Waals surface area contributed by atoms with Crippen LogP contribution >= 0.6 is 15.9 Å². The minimum absolute atomic E-state index is 0.351. The van der Waals surface area contributed by atoms with E-state index in [1.54, 1.807) is 0 Å². The van der Waals surface area contributed by atoms with Crippen LogP contribution in [0.4, 0.5) is 0 Å². The lowest BCUT2D eigenvalue weighted by Gasteiger charge is -2.20. The normalized spacial score (nSPS) is 15.5. The predicted octanol–water partition coefficient (Wildman–Crippen LogP) is 3.94. The molecule has 0 bridgehead atoms. The van der Waals surface area contributed by atoms with Crippen LogP contribution in [0.1, 0.15) is 31.7 Å². The van der Waals surface area contributed by atoms with Crippen molar-refractivity contribution in [3.05, 3.63) is 23.8 Å². The summed E-state index contributed by atoms with van der Waals surface area (Å²) < 4.78 is 10.7. The first-order valence-corrected chi connectivity index (χ1v) is 6.80. The zero-order valence-corrected chi connectivity index (χ0v) is 11.3. The van der Waals surface area contributed by atoms with Gasteiger partial charge in [-0.15, -0.1) is 0 Å². The molecular weight excluding hydrogens is 268 g/mol. The monoisotopic (exact) mass is 284 g/mol. The van der Waals surface area contributed by atoms with E-state index < -0.39 is 0 Å². The van der Waals surface area contributed by atoms with Crippen molar-refractivity contribution in [1.82, 2.24) is 0 Å². The maximum absolute atomic E-state index is 5.41. The van der Waals surface area contributed by atoms with Crippen molar-refractivity contribution in [3.63, 3.8) is 0 Å². The highest BCUT2D eigenvalue weighted by Crippen LogP contribution is 2.37. The summed E-state index contributed by atoms with van der Waals surface area (Å²) in [7, 11) is 0. The second-order valence-corrected chi connectivity index (χ2v) is 5.23. The van der Waals surface area contributed by atoms with Crippen LogP contribution in [0, 0.1) is 5.92 Å². The lowest BCUT2D eigenvalue weighted by molar-refractivity contribution is 0.174. The second kappa shape index (κ2) is 5.09. The number of halogens is 1. The van der Waals surface area contributed by atoms with Gasteiger partial charge in [0.15, 0.2) is 11.5 Å². The van der Waals surface area contributed by atoms with Crippen molar-refractivity contribution in [2.24, 2.45) is 5.92 Å². The van der Waals surface area contributed by atoms with Crippen LogP contribution < -0.4 is 9.47 Å². The number of hydrogen-bond donors (Lipinski definition) is 0. The average Bonchev–Trinajstić information content (AvgIpc) is 2.72. The number of benzene rings is 1. The molecule has 16 heavy (non-hydrogen) atoms. The summed E-state index contributed by atoms with van der Waals surface area (Å²) >= 11 is 3.52. The highest BCUT2D eigenvalue weighted by molar-refractivity contribution is 9.09. The van der Waals surface area contributed by atoms with Crippen LogP contribution in [0.15, 0.2) is 18.2 Å². The summed E-state index contributed by atoms with van der Waals surface area (Å²) in [6.07, 6.45) is 1.15. The molecule has 1 heterocycles. The third kappa shape index (κ3) is 2.34. The molecular formula is C13H17BrO2. The largest absolute Gasteiger partial charge is 0.454 e. The first-order valence-electron chi connectivity index (χ1n) is 5.68. The molecule has 0 aliphatic carbocycles. The van der Waals surface area contributed by atoms with Crippen molar-refractivity contribution < 1.29 is 9.47 Å². The van der Waals surface area contributed by atoms with E-state index in [4.69, 9.17) is 9.47 Å². The first kappa shape index (κ1) is 11.8. The molecule has 0 saturated carbocycles. The third-order valence-electron chi connectivity index (χ3n) is 3.05. The Morgan fingerprint density at radius 3 is 2.69 bits per heavy atom.